The molecule has 9 rings (SSSR count). The summed E-state index contributed by atoms with van der Waals surface area (Å²) in [6, 6.07) is 47.3. The van der Waals surface area contributed by atoms with Crippen LogP contribution in [0.3, 0.4) is 0 Å². The molecule has 0 saturated heterocycles. The fourth-order valence-corrected chi connectivity index (χ4v) is 7.74. The summed E-state index contributed by atoms with van der Waals surface area (Å²) in [6.07, 6.45) is 3.42. The molecule has 0 aliphatic heterocycles. The zero-order valence-corrected chi connectivity index (χ0v) is 24.0. The maximum atomic E-state index is 9.70. The first-order chi connectivity index (χ1) is 22.2. The zero-order chi connectivity index (χ0) is 30.1. The minimum Gasteiger partial charge on any atom is -0.246 e. The Morgan fingerprint density at radius 2 is 1.02 bits per heavy atom. The Morgan fingerprint density at radius 1 is 0.444 bits per heavy atom. The van der Waals surface area contributed by atoms with Crippen molar-refractivity contribution in [2.24, 2.45) is 0 Å². The lowest BCUT2D eigenvalue weighted by molar-refractivity contribution is 0.795. The molecule has 0 N–H and O–H groups in total. The smallest absolute Gasteiger partial charge is 0.141 e. The second-order valence-corrected chi connectivity index (χ2v) is 11.6. The largest absolute Gasteiger partial charge is 0.246 e. The van der Waals surface area contributed by atoms with Gasteiger partial charge in [0.25, 0.3) is 0 Å². The van der Waals surface area contributed by atoms with Crippen molar-refractivity contribution in [3.63, 3.8) is 0 Å². The topological polar surface area (TPSA) is 73.4 Å². The highest BCUT2D eigenvalue weighted by Gasteiger charge is 2.52. The standard InChI is InChI=1S/C41H22N4/c42-23-28-19-26(15-17-44-28)25-13-14-34-38(21-25)41(36-11-5-3-8-31(36)32-9-4-6-12-37(32)41)39-22-35(27-16-18-45-29(20-27)24-43)30-7-1-2-10-33(30)40(34)39/h1-22H. The number of hydrogen-bond donors (Lipinski definition) is 0. The third-order valence-corrected chi connectivity index (χ3v) is 9.49. The fraction of sp³-hybridized carbons (Fsp3) is 0.0244. The predicted molar refractivity (Wildman–Crippen MR) is 176 cm³/mol. The van der Waals surface area contributed by atoms with E-state index >= 15 is 0 Å². The van der Waals surface area contributed by atoms with Crippen molar-refractivity contribution in [2.45, 2.75) is 5.41 Å². The molecule has 4 heteroatoms. The summed E-state index contributed by atoms with van der Waals surface area (Å²) in [4.78, 5) is 8.48. The molecule has 2 aliphatic carbocycles. The number of rotatable bonds is 2. The second-order valence-electron chi connectivity index (χ2n) is 11.6. The quantitative estimate of drug-likeness (QED) is 0.208. The van der Waals surface area contributed by atoms with E-state index in [1.165, 1.54) is 49.9 Å². The van der Waals surface area contributed by atoms with E-state index in [2.05, 4.69) is 119 Å². The molecular formula is C41H22N4. The van der Waals surface area contributed by atoms with Gasteiger partial charge in [0, 0.05) is 12.4 Å². The summed E-state index contributed by atoms with van der Waals surface area (Å²) in [5.74, 6) is 0. The summed E-state index contributed by atoms with van der Waals surface area (Å²) in [5, 5.41) is 21.6. The molecular weight excluding hydrogens is 548 g/mol. The van der Waals surface area contributed by atoms with Crippen molar-refractivity contribution in [2.75, 3.05) is 0 Å². The van der Waals surface area contributed by atoms with E-state index in [0.29, 0.717) is 11.4 Å². The molecule has 0 amide bonds. The van der Waals surface area contributed by atoms with Crippen molar-refractivity contribution in [3.05, 3.63) is 167 Å². The van der Waals surface area contributed by atoms with Crippen molar-refractivity contribution in [1.82, 2.24) is 9.97 Å². The molecule has 2 aliphatic rings. The maximum Gasteiger partial charge on any atom is 0.141 e. The van der Waals surface area contributed by atoms with Crippen LogP contribution >= 0.6 is 0 Å². The maximum absolute atomic E-state index is 9.70. The summed E-state index contributed by atoms with van der Waals surface area (Å²) in [5.41, 5.74) is 14.1. The second kappa shape index (κ2) is 9.32. The van der Waals surface area contributed by atoms with Crippen molar-refractivity contribution >= 4 is 10.8 Å². The van der Waals surface area contributed by atoms with Gasteiger partial charge in [-0.15, -0.1) is 0 Å². The number of nitrogens with zero attached hydrogens (tertiary/aromatic N) is 4. The average molecular weight is 571 g/mol. The highest BCUT2D eigenvalue weighted by atomic mass is 14.7. The molecule has 0 unspecified atom stereocenters. The molecule has 0 bridgehead atoms. The van der Waals surface area contributed by atoms with Gasteiger partial charge in [-0.2, -0.15) is 10.5 Å². The van der Waals surface area contributed by atoms with Gasteiger partial charge in [-0.05, 0) is 114 Å². The summed E-state index contributed by atoms with van der Waals surface area (Å²) < 4.78 is 0. The van der Waals surface area contributed by atoms with Crippen LogP contribution in [0.4, 0.5) is 0 Å². The number of nitriles is 2. The van der Waals surface area contributed by atoms with Gasteiger partial charge in [-0.3, -0.25) is 0 Å². The van der Waals surface area contributed by atoms with Crippen LogP contribution in [-0.4, -0.2) is 9.97 Å². The summed E-state index contributed by atoms with van der Waals surface area (Å²) in [7, 11) is 0. The van der Waals surface area contributed by atoms with Gasteiger partial charge in [0.2, 0.25) is 0 Å². The summed E-state index contributed by atoms with van der Waals surface area (Å²) >= 11 is 0. The molecule has 2 aromatic heterocycles. The van der Waals surface area contributed by atoms with Gasteiger partial charge >= 0.3 is 0 Å². The van der Waals surface area contributed by atoms with Crippen LogP contribution in [0.25, 0.3) is 55.3 Å². The lowest BCUT2D eigenvalue weighted by atomic mass is 9.69. The van der Waals surface area contributed by atoms with Crippen LogP contribution in [0, 0.1) is 22.7 Å². The van der Waals surface area contributed by atoms with Gasteiger partial charge in [-0.1, -0.05) is 84.9 Å². The van der Waals surface area contributed by atoms with Crippen molar-refractivity contribution in [3.8, 4) is 56.6 Å². The molecule has 45 heavy (non-hydrogen) atoms. The first-order valence-corrected chi connectivity index (χ1v) is 14.9. The molecule has 0 atom stereocenters. The molecule has 5 aromatic carbocycles. The van der Waals surface area contributed by atoms with Gasteiger partial charge in [0.1, 0.15) is 23.5 Å². The van der Waals surface area contributed by atoms with Crippen LogP contribution in [0.15, 0.2) is 134 Å². The third kappa shape index (κ3) is 3.34. The van der Waals surface area contributed by atoms with Crippen LogP contribution in [0.5, 0.6) is 0 Å². The molecule has 1 spiro atoms. The highest BCUT2D eigenvalue weighted by molar-refractivity contribution is 6.11. The molecule has 4 nitrogen and oxygen atoms in total. The Bertz CT molecular complexity index is 2430. The minimum absolute atomic E-state index is 0.394. The van der Waals surface area contributed by atoms with E-state index in [-0.39, 0.29) is 0 Å². The third-order valence-electron chi connectivity index (χ3n) is 9.49. The van der Waals surface area contributed by atoms with Crippen LogP contribution in [-0.2, 0) is 5.41 Å². The van der Waals surface area contributed by atoms with Crippen LogP contribution in [0.2, 0.25) is 0 Å². The molecule has 2 heterocycles. The predicted octanol–water partition coefficient (Wildman–Crippen LogP) is 9.05. The Kier molecular flexibility index (Phi) is 5.21. The zero-order valence-electron chi connectivity index (χ0n) is 24.0. The van der Waals surface area contributed by atoms with E-state index in [0.717, 1.165) is 27.6 Å². The first kappa shape index (κ1) is 25.2. The highest BCUT2D eigenvalue weighted by Crippen LogP contribution is 2.64. The normalized spacial score (nSPS) is 13.0. The number of aromatic nitrogens is 2. The SMILES string of the molecule is N#Cc1cc(-c2ccc3c(c2)C2(c4ccccc4-c4ccccc42)c2cc(-c4ccnc(C#N)c4)c4ccccc4c2-3)ccn1. The van der Waals surface area contributed by atoms with Crippen molar-refractivity contribution in [1.29, 1.82) is 10.5 Å². The molecule has 7 aromatic rings. The van der Waals surface area contributed by atoms with Gasteiger partial charge in [0.05, 0.1) is 5.41 Å². The number of pyridine rings is 2. The van der Waals surface area contributed by atoms with Gasteiger partial charge < -0.3 is 0 Å². The van der Waals surface area contributed by atoms with E-state index in [4.69, 9.17) is 0 Å². The van der Waals surface area contributed by atoms with Crippen molar-refractivity contribution < 1.29 is 0 Å². The average Bonchev–Trinajstić information content (AvgIpc) is 3.58. The van der Waals surface area contributed by atoms with Crippen LogP contribution < -0.4 is 0 Å². The molecule has 0 radical (unpaired) electrons. The Hall–Kier alpha value is -6.36. The number of benzene rings is 5. The lowest BCUT2D eigenvalue weighted by Gasteiger charge is -2.31. The Morgan fingerprint density at radius 3 is 1.71 bits per heavy atom. The van der Waals surface area contributed by atoms with E-state index in [1.807, 2.05) is 24.3 Å². The number of hydrogen-bond acceptors (Lipinski definition) is 4. The molecule has 206 valence electrons. The number of fused-ring (bicyclic) bond motifs is 12. The van der Waals surface area contributed by atoms with E-state index in [1.54, 1.807) is 12.4 Å². The lowest BCUT2D eigenvalue weighted by Crippen LogP contribution is -2.26. The van der Waals surface area contributed by atoms with E-state index < -0.39 is 5.41 Å². The Balaban J connectivity index is 1.46. The molecule has 0 fully saturated rings. The minimum atomic E-state index is -0.567. The monoisotopic (exact) mass is 570 g/mol. The molecule has 0 saturated carbocycles. The first-order valence-electron chi connectivity index (χ1n) is 14.9. The van der Waals surface area contributed by atoms with Gasteiger partial charge in [0.15, 0.2) is 0 Å². The van der Waals surface area contributed by atoms with Gasteiger partial charge in [-0.25, -0.2) is 9.97 Å². The van der Waals surface area contributed by atoms with Crippen LogP contribution in [0.1, 0.15) is 33.6 Å². The summed E-state index contributed by atoms with van der Waals surface area (Å²) in [6.45, 7) is 0. The fourth-order valence-electron chi connectivity index (χ4n) is 7.74. The van der Waals surface area contributed by atoms with E-state index in [9.17, 15) is 10.5 Å². The Labute approximate surface area is 260 Å².